The number of hydrogen-bond donors (Lipinski definition) is 1. The maximum atomic E-state index is 13.0. The third-order valence-electron chi connectivity index (χ3n) is 4.78. The minimum absolute atomic E-state index is 0.0238. The number of carbonyl (C=O) groups is 2. The van der Waals surface area contributed by atoms with Crippen molar-refractivity contribution >= 4 is 23.2 Å². The van der Waals surface area contributed by atoms with Crippen molar-refractivity contribution < 1.29 is 14.0 Å². The zero-order valence-electron chi connectivity index (χ0n) is 14.9. The van der Waals surface area contributed by atoms with Crippen LogP contribution in [0.15, 0.2) is 28.0 Å². The number of likely N-dealkylation sites (tertiary alicyclic amines) is 1. The molecule has 2 amide bonds. The second-order valence-electron chi connectivity index (χ2n) is 6.81. The van der Waals surface area contributed by atoms with Gasteiger partial charge in [-0.1, -0.05) is 6.07 Å². The van der Waals surface area contributed by atoms with Crippen molar-refractivity contribution in [2.24, 2.45) is 5.41 Å². The molecule has 0 bridgehead atoms. The Morgan fingerprint density at radius 1 is 1.44 bits per heavy atom. The summed E-state index contributed by atoms with van der Waals surface area (Å²) in [6.07, 6.45) is 1.63. The first-order valence-corrected chi connectivity index (χ1v) is 9.54. The molecule has 1 atom stereocenters. The van der Waals surface area contributed by atoms with Gasteiger partial charge in [0.25, 0.3) is 5.91 Å². The molecule has 1 aliphatic rings. The number of nitrogens with zero attached hydrogens (tertiary/aromatic N) is 1. The van der Waals surface area contributed by atoms with Crippen LogP contribution < -0.4 is 5.32 Å². The first-order valence-electron chi connectivity index (χ1n) is 8.66. The zero-order chi connectivity index (χ0) is 18.0. The molecule has 1 aliphatic heterocycles. The number of rotatable bonds is 4. The van der Waals surface area contributed by atoms with Crippen molar-refractivity contribution in [1.29, 1.82) is 0 Å². The van der Waals surface area contributed by atoms with E-state index < -0.39 is 5.41 Å². The number of hydrogen-bond acceptors (Lipinski definition) is 4. The van der Waals surface area contributed by atoms with Gasteiger partial charge in [0.1, 0.15) is 11.5 Å². The summed E-state index contributed by atoms with van der Waals surface area (Å²) in [6.45, 7) is 7.39. The maximum Gasteiger partial charge on any atom is 0.257 e. The van der Waals surface area contributed by atoms with Crippen LogP contribution in [0.2, 0.25) is 0 Å². The standard InChI is InChI=1S/C19H24N2O3S/c1-4-20-18(23)19(3)8-6-9-21(12-19)17(22)14-11-15(24-13(14)2)16-7-5-10-25-16/h5,7,10-11H,4,6,8-9,12H2,1-3H3,(H,20,23). The number of piperidine rings is 1. The quantitative estimate of drug-likeness (QED) is 0.904. The van der Waals surface area contributed by atoms with Gasteiger partial charge >= 0.3 is 0 Å². The van der Waals surface area contributed by atoms with Crippen LogP contribution in [0.3, 0.4) is 0 Å². The summed E-state index contributed by atoms with van der Waals surface area (Å²) in [4.78, 5) is 28.2. The average Bonchev–Trinajstić information content (AvgIpc) is 3.24. The monoisotopic (exact) mass is 360 g/mol. The summed E-state index contributed by atoms with van der Waals surface area (Å²) in [5.41, 5.74) is 0.0570. The Labute approximate surface area is 152 Å². The summed E-state index contributed by atoms with van der Waals surface area (Å²) in [7, 11) is 0. The number of thiophene rings is 1. The average molecular weight is 360 g/mol. The van der Waals surface area contributed by atoms with Crippen LogP contribution in [0, 0.1) is 12.3 Å². The molecule has 2 aromatic rings. The molecule has 2 aromatic heterocycles. The fourth-order valence-electron chi connectivity index (χ4n) is 3.38. The fraction of sp³-hybridized carbons (Fsp3) is 0.474. The van der Waals surface area contributed by atoms with Gasteiger partial charge in [0.05, 0.1) is 15.9 Å². The van der Waals surface area contributed by atoms with E-state index in [1.807, 2.05) is 44.4 Å². The summed E-state index contributed by atoms with van der Waals surface area (Å²) in [5, 5.41) is 4.88. The number of carbonyl (C=O) groups excluding carboxylic acids is 2. The molecular weight excluding hydrogens is 336 g/mol. The van der Waals surface area contributed by atoms with E-state index in [1.54, 1.807) is 16.2 Å². The van der Waals surface area contributed by atoms with Crippen LogP contribution in [-0.4, -0.2) is 36.3 Å². The van der Waals surface area contributed by atoms with Crippen molar-refractivity contribution in [3.8, 4) is 10.6 Å². The van der Waals surface area contributed by atoms with Crippen LogP contribution in [0.25, 0.3) is 10.6 Å². The molecule has 1 unspecified atom stereocenters. The van der Waals surface area contributed by atoms with Gasteiger partial charge in [-0.25, -0.2) is 0 Å². The van der Waals surface area contributed by atoms with Gasteiger partial charge in [-0.3, -0.25) is 9.59 Å². The molecule has 3 heterocycles. The van der Waals surface area contributed by atoms with Crippen LogP contribution in [0.4, 0.5) is 0 Å². The second-order valence-corrected chi connectivity index (χ2v) is 7.76. The SMILES string of the molecule is CCNC(=O)C1(C)CCCN(C(=O)c2cc(-c3cccs3)oc2C)C1. The number of aryl methyl sites for hydroxylation is 1. The van der Waals surface area contributed by atoms with Crippen LogP contribution in [0.5, 0.6) is 0 Å². The van der Waals surface area contributed by atoms with Crippen molar-refractivity contribution in [3.05, 3.63) is 34.9 Å². The molecular formula is C19H24N2O3S. The van der Waals surface area contributed by atoms with E-state index in [0.29, 0.717) is 31.0 Å². The molecule has 25 heavy (non-hydrogen) atoms. The summed E-state index contributed by atoms with van der Waals surface area (Å²) < 4.78 is 5.79. The molecule has 1 N–H and O–H groups in total. The molecule has 0 aliphatic carbocycles. The predicted octanol–water partition coefficient (Wildman–Crippen LogP) is 3.69. The Morgan fingerprint density at radius 2 is 2.24 bits per heavy atom. The topological polar surface area (TPSA) is 62.6 Å². The van der Waals surface area contributed by atoms with E-state index in [2.05, 4.69) is 5.32 Å². The molecule has 0 radical (unpaired) electrons. The Hall–Kier alpha value is -2.08. The lowest BCUT2D eigenvalue weighted by atomic mass is 9.80. The summed E-state index contributed by atoms with van der Waals surface area (Å²) in [6, 6.07) is 5.76. The molecule has 1 saturated heterocycles. The molecule has 0 saturated carbocycles. The number of furan rings is 1. The van der Waals surface area contributed by atoms with E-state index in [-0.39, 0.29) is 11.8 Å². The Balaban J connectivity index is 1.80. The minimum atomic E-state index is -0.530. The molecule has 0 aromatic carbocycles. The first kappa shape index (κ1) is 17.7. The Morgan fingerprint density at radius 3 is 2.92 bits per heavy atom. The lowest BCUT2D eigenvalue weighted by Crippen LogP contribution is -2.51. The Bertz CT molecular complexity index is 766. The van der Waals surface area contributed by atoms with Crippen molar-refractivity contribution in [2.75, 3.05) is 19.6 Å². The van der Waals surface area contributed by atoms with Gasteiger partial charge in [0, 0.05) is 19.6 Å². The maximum absolute atomic E-state index is 13.0. The van der Waals surface area contributed by atoms with E-state index in [9.17, 15) is 9.59 Å². The molecule has 6 heteroatoms. The van der Waals surface area contributed by atoms with E-state index in [4.69, 9.17) is 4.42 Å². The highest BCUT2D eigenvalue weighted by Crippen LogP contribution is 2.33. The highest BCUT2D eigenvalue weighted by molar-refractivity contribution is 7.13. The number of nitrogens with one attached hydrogen (secondary N) is 1. The molecule has 3 rings (SSSR count). The lowest BCUT2D eigenvalue weighted by Gasteiger charge is -2.39. The van der Waals surface area contributed by atoms with Crippen LogP contribution >= 0.6 is 11.3 Å². The highest BCUT2D eigenvalue weighted by atomic mass is 32.1. The van der Waals surface area contributed by atoms with Gasteiger partial charge in [0.2, 0.25) is 5.91 Å². The van der Waals surface area contributed by atoms with Gasteiger partial charge in [-0.15, -0.1) is 11.3 Å². The summed E-state index contributed by atoms with van der Waals surface area (Å²) in [5.74, 6) is 1.31. The van der Waals surface area contributed by atoms with Crippen molar-refractivity contribution in [2.45, 2.75) is 33.6 Å². The largest absolute Gasteiger partial charge is 0.460 e. The van der Waals surface area contributed by atoms with Gasteiger partial charge < -0.3 is 14.6 Å². The normalized spacial score (nSPS) is 20.5. The lowest BCUT2D eigenvalue weighted by molar-refractivity contribution is -0.132. The van der Waals surface area contributed by atoms with Crippen LogP contribution in [0.1, 0.15) is 42.8 Å². The van der Waals surface area contributed by atoms with E-state index in [0.717, 1.165) is 23.5 Å². The van der Waals surface area contributed by atoms with E-state index in [1.165, 1.54) is 0 Å². The van der Waals surface area contributed by atoms with Gasteiger partial charge in [-0.2, -0.15) is 0 Å². The fourth-order valence-corrected chi connectivity index (χ4v) is 4.05. The van der Waals surface area contributed by atoms with Gasteiger partial charge in [-0.05, 0) is 51.1 Å². The highest BCUT2D eigenvalue weighted by Gasteiger charge is 2.39. The predicted molar refractivity (Wildman–Crippen MR) is 98.7 cm³/mol. The zero-order valence-corrected chi connectivity index (χ0v) is 15.7. The second kappa shape index (κ2) is 7.04. The third-order valence-corrected chi connectivity index (χ3v) is 5.67. The molecule has 0 spiro atoms. The first-order chi connectivity index (χ1) is 11.9. The third kappa shape index (κ3) is 3.49. The molecule has 1 fully saturated rings. The number of amides is 2. The van der Waals surface area contributed by atoms with E-state index >= 15 is 0 Å². The summed E-state index contributed by atoms with van der Waals surface area (Å²) >= 11 is 1.58. The van der Waals surface area contributed by atoms with Gasteiger partial charge in [0.15, 0.2) is 0 Å². The van der Waals surface area contributed by atoms with Crippen LogP contribution in [-0.2, 0) is 4.79 Å². The molecule has 134 valence electrons. The van der Waals surface area contributed by atoms with Crippen molar-refractivity contribution in [3.63, 3.8) is 0 Å². The minimum Gasteiger partial charge on any atom is -0.460 e. The molecule has 5 nitrogen and oxygen atoms in total. The smallest absolute Gasteiger partial charge is 0.257 e. The van der Waals surface area contributed by atoms with Crippen molar-refractivity contribution in [1.82, 2.24) is 10.2 Å². The Kier molecular flexibility index (Phi) is 4.99.